The molecule has 1 unspecified atom stereocenters. The highest BCUT2D eigenvalue weighted by Gasteiger charge is 2.17. The molecule has 0 aliphatic carbocycles. The lowest BCUT2D eigenvalue weighted by Gasteiger charge is -2.15. The average Bonchev–Trinajstić information content (AvgIpc) is 2.39. The number of amides is 2. The lowest BCUT2D eigenvalue weighted by atomic mass is 10.0. The summed E-state index contributed by atoms with van der Waals surface area (Å²) in [5.41, 5.74) is 0.434. The van der Waals surface area contributed by atoms with Gasteiger partial charge in [0.2, 0.25) is 0 Å². The Balaban J connectivity index is 2.47. The van der Waals surface area contributed by atoms with Crippen molar-refractivity contribution in [2.24, 2.45) is 5.92 Å². The maximum Gasteiger partial charge on any atom is 0.313 e. The normalized spacial score (nSPS) is 12.1. The fraction of sp³-hybridized carbons (Fsp3) is 0.467. The highest BCUT2D eigenvalue weighted by atomic mass is 35.5. The number of anilines is 1. The summed E-state index contributed by atoms with van der Waals surface area (Å²) in [4.78, 5) is 23.5. The third-order valence-corrected chi connectivity index (χ3v) is 3.21. The lowest BCUT2D eigenvalue weighted by molar-refractivity contribution is -0.136. The van der Waals surface area contributed by atoms with Crippen LogP contribution >= 0.6 is 11.6 Å². The van der Waals surface area contributed by atoms with Gasteiger partial charge >= 0.3 is 11.8 Å². The topological polar surface area (TPSA) is 58.2 Å². The van der Waals surface area contributed by atoms with E-state index in [1.165, 1.54) is 0 Å². The van der Waals surface area contributed by atoms with Crippen molar-refractivity contribution in [3.05, 3.63) is 29.3 Å². The Hall–Kier alpha value is -1.55. The van der Waals surface area contributed by atoms with Gasteiger partial charge in [-0.3, -0.25) is 9.59 Å². The molecule has 0 bridgehead atoms. The molecule has 0 radical (unpaired) electrons. The van der Waals surface area contributed by atoms with Crippen LogP contribution in [-0.4, -0.2) is 17.9 Å². The van der Waals surface area contributed by atoms with Crippen LogP contribution in [0, 0.1) is 5.92 Å². The van der Waals surface area contributed by atoms with E-state index in [4.69, 9.17) is 11.6 Å². The number of halogens is 1. The summed E-state index contributed by atoms with van der Waals surface area (Å²) < 4.78 is 0. The molecule has 1 atom stereocenters. The molecule has 0 spiro atoms. The van der Waals surface area contributed by atoms with Gasteiger partial charge in [-0.15, -0.1) is 0 Å². The van der Waals surface area contributed by atoms with E-state index < -0.39 is 11.8 Å². The fourth-order valence-electron chi connectivity index (χ4n) is 1.69. The van der Waals surface area contributed by atoms with E-state index in [1.54, 1.807) is 24.3 Å². The van der Waals surface area contributed by atoms with Crippen molar-refractivity contribution >= 4 is 29.1 Å². The summed E-state index contributed by atoms with van der Waals surface area (Å²) in [5.74, 6) is -0.762. The number of hydrogen-bond acceptors (Lipinski definition) is 2. The minimum Gasteiger partial charge on any atom is -0.345 e. The zero-order chi connectivity index (χ0) is 15.1. The lowest BCUT2D eigenvalue weighted by Crippen LogP contribution is -2.40. The van der Waals surface area contributed by atoms with Crippen molar-refractivity contribution in [2.45, 2.75) is 39.7 Å². The minimum absolute atomic E-state index is 0.0260. The Bertz CT molecular complexity index is 475. The number of para-hydroxylation sites is 1. The predicted molar refractivity (Wildman–Crippen MR) is 81.8 cm³/mol. The summed E-state index contributed by atoms with van der Waals surface area (Å²) in [7, 11) is 0. The van der Waals surface area contributed by atoms with Crippen LogP contribution in [0.25, 0.3) is 0 Å². The third-order valence-electron chi connectivity index (χ3n) is 2.88. The van der Waals surface area contributed by atoms with E-state index in [-0.39, 0.29) is 6.04 Å². The Morgan fingerprint density at radius 1 is 1.10 bits per heavy atom. The first-order valence-corrected chi connectivity index (χ1v) is 7.14. The van der Waals surface area contributed by atoms with Crippen LogP contribution in [0.5, 0.6) is 0 Å². The Kier molecular flexibility index (Phi) is 6.52. The van der Waals surface area contributed by atoms with Gasteiger partial charge in [0.15, 0.2) is 0 Å². The largest absolute Gasteiger partial charge is 0.345 e. The Labute approximate surface area is 124 Å². The monoisotopic (exact) mass is 296 g/mol. The second-order valence-corrected chi connectivity index (χ2v) is 5.69. The fourth-order valence-corrected chi connectivity index (χ4v) is 1.87. The molecule has 0 saturated carbocycles. The van der Waals surface area contributed by atoms with Crippen molar-refractivity contribution < 1.29 is 9.59 Å². The molecule has 2 N–H and O–H groups in total. The predicted octanol–water partition coefficient (Wildman–Crippen LogP) is 3.22. The van der Waals surface area contributed by atoms with Crippen molar-refractivity contribution in [1.29, 1.82) is 0 Å². The van der Waals surface area contributed by atoms with Crippen LogP contribution < -0.4 is 10.6 Å². The SMILES string of the molecule is CC(C)CCC(C)NC(=O)C(=O)Nc1ccccc1Cl. The molecule has 0 aliphatic heterocycles. The highest BCUT2D eigenvalue weighted by molar-refractivity contribution is 6.41. The van der Waals surface area contributed by atoms with E-state index in [9.17, 15) is 9.59 Å². The third kappa shape index (κ3) is 5.61. The second kappa shape index (κ2) is 7.90. The first-order chi connectivity index (χ1) is 9.40. The molecule has 0 heterocycles. The molecule has 0 aromatic heterocycles. The van der Waals surface area contributed by atoms with Crippen LogP contribution in [0.3, 0.4) is 0 Å². The zero-order valence-corrected chi connectivity index (χ0v) is 12.8. The highest BCUT2D eigenvalue weighted by Crippen LogP contribution is 2.20. The van der Waals surface area contributed by atoms with Gasteiger partial charge in [0.25, 0.3) is 0 Å². The summed E-state index contributed by atoms with van der Waals surface area (Å²) in [6.07, 6.45) is 1.86. The molecule has 0 fully saturated rings. The first kappa shape index (κ1) is 16.5. The van der Waals surface area contributed by atoms with Gasteiger partial charge in [-0.25, -0.2) is 0 Å². The second-order valence-electron chi connectivity index (χ2n) is 5.28. The Morgan fingerprint density at radius 3 is 2.35 bits per heavy atom. The number of nitrogens with one attached hydrogen (secondary N) is 2. The van der Waals surface area contributed by atoms with E-state index in [2.05, 4.69) is 24.5 Å². The van der Waals surface area contributed by atoms with Crippen molar-refractivity contribution in [3.63, 3.8) is 0 Å². The summed E-state index contributed by atoms with van der Waals surface area (Å²) >= 11 is 5.92. The summed E-state index contributed by atoms with van der Waals surface area (Å²) in [5, 5.41) is 5.58. The molecule has 1 aromatic rings. The molecule has 20 heavy (non-hydrogen) atoms. The number of carbonyl (C=O) groups excluding carboxylic acids is 2. The molecule has 1 aromatic carbocycles. The van der Waals surface area contributed by atoms with Gasteiger partial charge in [-0.2, -0.15) is 0 Å². The molecule has 5 heteroatoms. The maximum absolute atomic E-state index is 11.8. The zero-order valence-electron chi connectivity index (χ0n) is 12.1. The molecule has 4 nitrogen and oxygen atoms in total. The van der Waals surface area contributed by atoms with Crippen LogP contribution in [-0.2, 0) is 9.59 Å². The first-order valence-electron chi connectivity index (χ1n) is 6.76. The van der Waals surface area contributed by atoms with Crippen LogP contribution in [0.4, 0.5) is 5.69 Å². The Morgan fingerprint density at radius 2 is 1.75 bits per heavy atom. The van der Waals surface area contributed by atoms with E-state index in [0.29, 0.717) is 16.6 Å². The minimum atomic E-state index is -0.700. The van der Waals surface area contributed by atoms with Gasteiger partial charge in [-0.05, 0) is 37.8 Å². The number of carbonyl (C=O) groups is 2. The standard InChI is InChI=1S/C15H21ClN2O2/c1-10(2)8-9-11(3)17-14(19)15(20)18-13-7-5-4-6-12(13)16/h4-7,10-11H,8-9H2,1-3H3,(H,17,19)(H,18,20). The van der Waals surface area contributed by atoms with Crippen molar-refractivity contribution in [2.75, 3.05) is 5.32 Å². The number of hydrogen-bond donors (Lipinski definition) is 2. The van der Waals surface area contributed by atoms with Gasteiger partial charge < -0.3 is 10.6 Å². The quantitative estimate of drug-likeness (QED) is 0.820. The number of benzene rings is 1. The molecule has 1 rings (SSSR count). The van der Waals surface area contributed by atoms with E-state index in [0.717, 1.165) is 12.8 Å². The molecule has 0 aliphatic rings. The molecule has 110 valence electrons. The number of rotatable bonds is 5. The van der Waals surface area contributed by atoms with Gasteiger partial charge in [0.1, 0.15) is 0 Å². The van der Waals surface area contributed by atoms with Crippen LogP contribution in [0.1, 0.15) is 33.6 Å². The van der Waals surface area contributed by atoms with Gasteiger partial charge in [-0.1, -0.05) is 37.6 Å². The van der Waals surface area contributed by atoms with E-state index >= 15 is 0 Å². The van der Waals surface area contributed by atoms with Gasteiger partial charge in [0, 0.05) is 6.04 Å². The van der Waals surface area contributed by atoms with Crippen molar-refractivity contribution in [3.8, 4) is 0 Å². The van der Waals surface area contributed by atoms with E-state index in [1.807, 2.05) is 6.92 Å². The molecular formula is C15H21ClN2O2. The summed E-state index contributed by atoms with van der Waals surface area (Å²) in [6, 6.07) is 6.77. The smallest absolute Gasteiger partial charge is 0.313 e. The summed E-state index contributed by atoms with van der Waals surface area (Å²) in [6.45, 7) is 6.14. The molecular weight excluding hydrogens is 276 g/mol. The molecule has 0 saturated heterocycles. The molecule has 2 amide bonds. The van der Waals surface area contributed by atoms with Crippen LogP contribution in [0.2, 0.25) is 5.02 Å². The van der Waals surface area contributed by atoms with Gasteiger partial charge in [0.05, 0.1) is 10.7 Å². The van der Waals surface area contributed by atoms with Crippen LogP contribution in [0.15, 0.2) is 24.3 Å². The average molecular weight is 297 g/mol. The maximum atomic E-state index is 11.8. The van der Waals surface area contributed by atoms with Crippen molar-refractivity contribution in [1.82, 2.24) is 5.32 Å².